The average Bonchev–Trinajstić information content (AvgIpc) is 3.07. The number of hydrogen-bond acceptors (Lipinski definition) is 6. The SMILES string of the molecule is CCc1ccc(OCCCC#Cc2cc(/C=C3\SC(=O)NC3=O)ccc2OC)nc1. The number of nitrogens with one attached hydrogen (secondary N) is 1. The number of methoxy groups -OCH3 is 1. The van der Waals surface area contributed by atoms with Gasteiger partial charge < -0.3 is 9.47 Å². The Morgan fingerprint density at radius 1 is 1.23 bits per heavy atom. The van der Waals surface area contributed by atoms with Crippen LogP contribution in [-0.4, -0.2) is 29.8 Å². The summed E-state index contributed by atoms with van der Waals surface area (Å²) in [6.07, 6.45) is 5.88. The molecule has 0 spiro atoms. The van der Waals surface area contributed by atoms with E-state index >= 15 is 0 Å². The van der Waals surface area contributed by atoms with Gasteiger partial charge in [-0.1, -0.05) is 30.9 Å². The van der Waals surface area contributed by atoms with Gasteiger partial charge in [0.25, 0.3) is 11.1 Å². The van der Waals surface area contributed by atoms with Gasteiger partial charge in [-0.05, 0) is 53.9 Å². The first-order chi connectivity index (χ1) is 14.6. The maximum Gasteiger partial charge on any atom is 0.290 e. The number of benzene rings is 1. The van der Waals surface area contributed by atoms with E-state index in [1.54, 1.807) is 19.3 Å². The molecule has 1 aromatic carbocycles. The van der Waals surface area contributed by atoms with Gasteiger partial charge in [-0.15, -0.1) is 0 Å². The molecule has 0 unspecified atom stereocenters. The number of hydrogen-bond donors (Lipinski definition) is 1. The van der Waals surface area contributed by atoms with Gasteiger partial charge >= 0.3 is 0 Å². The minimum Gasteiger partial charge on any atom is -0.495 e. The Labute approximate surface area is 180 Å². The molecule has 0 atom stereocenters. The molecule has 1 aromatic heterocycles. The van der Waals surface area contributed by atoms with Crippen LogP contribution in [0.1, 0.15) is 36.5 Å². The lowest BCUT2D eigenvalue weighted by Crippen LogP contribution is -2.17. The highest BCUT2D eigenvalue weighted by molar-refractivity contribution is 8.18. The van der Waals surface area contributed by atoms with Crippen LogP contribution in [0, 0.1) is 11.8 Å². The minimum absolute atomic E-state index is 0.362. The van der Waals surface area contributed by atoms with Crippen molar-refractivity contribution in [3.05, 3.63) is 58.1 Å². The summed E-state index contributed by atoms with van der Waals surface area (Å²) in [4.78, 5) is 27.6. The number of unbranched alkanes of at least 4 members (excludes halogenated alkanes) is 1. The van der Waals surface area contributed by atoms with Crippen molar-refractivity contribution in [3.63, 3.8) is 0 Å². The third-order valence-electron chi connectivity index (χ3n) is 4.29. The van der Waals surface area contributed by atoms with Gasteiger partial charge in [-0.25, -0.2) is 4.98 Å². The highest BCUT2D eigenvalue weighted by Gasteiger charge is 2.24. The first kappa shape index (κ1) is 21.5. The molecule has 6 nitrogen and oxygen atoms in total. The molecule has 1 aliphatic rings. The Morgan fingerprint density at radius 3 is 2.77 bits per heavy atom. The van der Waals surface area contributed by atoms with Crippen molar-refractivity contribution in [1.82, 2.24) is 10.3 Å². The summed E-state index contributed by atoms with van der Waals surface area (Å²) >= 11 is 0.887. The van der Waals surface area contributed by atoms with Crippen LogP contribution < -0.4 is 14.8 Å². The van der Waals surface area contributed by atoms with Crippen molar-refractivity contribution in [2.45, 2.75) is 26.2 Å². The number of thioether (sulfide) groups is 1. The van der Waals surface area contributed by atoms with Crippen LogP contribution in [0.4, 0.5) is 4.79 Å². The van der Waals surface area contributed by atoms with Gasteiger partial charge in [-0.2, -0.15) is 0 Å². The Kier molecular flexibility index (Phi) is 7.52. The van der Waals surface area contributed by atoms with E-state index in [0.717, 1.165) is 35.7 Å². The number of amides is 2. The number of ether oxygens (including phenoxy) is 2. The van der Waals surface area contributed by atoms with Gasteiger partial charge in [0.2, 0.25) is 5.88 Å². The molecule has 0 bridgehead atoms. The van der Waals surface area contributed by atoms with Crippen LogP contribution in [0.15, 0.2) is 41.4 Å². The summed E-state index contributed by atoms with van der Waals surface area (Å²) < 4.78 is 11.0. The van der Waals surface area contributed by atoms with Crippen molar-refractivity contribution in [2.75, 3.05) is 13.7 Å². The predicted octanol–water partition coefficient (Wildman–Crippen LogP) is 4.19. The molecule has 154 valence electrons. The fourth-order valence-corrected chi connectivity index (χ4v) is 3.37. The molecule has 1 fully saturated rings. The van der Waals surface area contributed by atoms with Gasteiger partial charge in [0.05, 0.1) is 24.2 Å². The van der Waals surface area contributed by atoms with Crippen LogP contribution in [0.5, 0.6) is 11.6 Å². The number of carbonyl (C=O) groups is 2. The van der Waals surface area contributed by atoms with Crippen molar-refractivity contribution in [1.29, 1.82) is 0 Å². The molecule has 0 aliphatic carbocycles. The summed E-state index contributed by atoms with van der Waals surface area (Å²) in [6.45, 7) is 2.62. The normalized spacial score (nSPS) is 14.3. The Balaban J connectivity index is 1.57. The Morgan fingerprint density at radius 2 is 2.10 bits per heavy atom. The lowest BCUT2D eigenvalue weighted by atomic mass is 10.1. The van der Waals surface area contributed by atoms with Crippen molar-refractivity contribution < 1.29 is 19.1 Å². The smallest absolute Gasteiger partial charge is 0.290 e. The topological polar surface area (TPSA) is 77.5 Å². The number of rotatable bonds is 7. The molecule has 1 N–H and O–H groups in total. The zero-order chi connectivity index (χ0) is 21.3. The number of aryl methyl sites for hydroxylation is 1. The molecule has 1 aliphatic heterocycles. The second-order valence-electron chi connectivity index (χ2n) is 6.42. The zero-order valence-corrected chi connectivity index (χ0v) is 17.7. The first-order valence-electron chi connectivity index (χ1n) is 9.58. The Hall–Kier alpha value is -3.24. The molecule has 0 radical (unpaired) electrons. The molecule has 3 rings (SSSR count). The Bertz CT molecular complexity index is 1020. The quantitative estimate of drug-likeness (QED) is 0.410. The molecule has 2 heterocycles. The van der Waals surface area contributed by atoms with Crippen molar-refractivity contribution >= 4 is 29.0 Å². The van der Waals surface area contributed by atoms with Gasteiger partial charge in [-0.3, -0.25) is 14.9 Å². The van der Waals surface area contributed by atoms with E-state index in [0.29, 0.717) is 29.6 Å². The second-order valence-corrected chi connectivity index (χ2v) is 7.44. The number of aromatic nitrogens is 1. The molecule has 1 saturated heterocycles. The fourth-order valence-electron chi connectivity index (χ4n) is 2.69. The summed E-state index contributed by atoms with van der Waals surface area (Å²) in [5.74, 6) is 7.13. The van der Waals surface area contributed by atoms with E-state index in [-0.39, 0.29) is 11.1 Å². The standard InChI is InChI=1S/C23H22N2O4S/c1-3-16-9-11-21(24-15-16)29-12-6-4-5-7-18-13-17(8-10-19(18)28-2)14-20-22(26)25-23(27)30-20/h8-11,13-15H,3-4,6,12H2,1-2H3,(H,25,26,27)/b20-14-. The van der Waals surface area contributed by atoms with E-state index in [9.17, 15) is 9.59 Å². The van der Waals surface area contributed by atoms with Gasteiger partial charge in [0, 0.05) is 18.7 Å². The molecule has 30 heavy (non-hydrogen) atoms. The van der Waals surface area contributed by atoms with E-state index in [4.69, 9.17) is 9.47 Å². The van der Waals surface area contributed by atoms with E-state index in [2.05, 4.69) is 29.1 Å². The average molecular weight is 423 g/mol. The molecular formula is C23H22N2O4S. The van der Waals surface area contributed by atoms with E-state index in [1.807, 2.05) is 30.5 Å². The summed E-state index contributed by atoms with van der Waals surface area (Å²) in [7, 11) is 1.59. The summed E-state index contributed by atoms with van der Waals surface area (Å²) in [5.41, 5.74) is 2.68. The minimum atomic E-state index is -0.382. The van der Waals surface area contributed by atoms with Crippen LogP contribution in [0.3, 0.4) is 0 Å². The molecular weight excluding hydrogens is 400 g/mol. The van der Waals surface area contributed by atoms with Crippen LogP contribution >= 0.6 is 11.8 Å². The predicted molar refractivity (Wildman–Crippen MR) is 117 cm³/mol. The molecule has 7 heteroatoms. The number of carbonyl (C=O) groups excluding carboxylic acids is 2. The van der Waals surface area contributed by atoms with Crippen LogP contribution in [0.25, 0.3) is 6.08 Å². The van der Waals surface area contributed by atoms with Crippen molar-refractivity contribution in [2.24, 2.45) is 0 Å². The lowest BCUT2D eigenvalue weighted by molar-refractivity contribution is -0.115. The fraction of sp³-hybridized carbons (Fsp3) is 0.261. The third-order valence-corrected chi connectivity index (χ3v) is 5.10. The monoisotopic (exact) mass is 422 g/mol. The van der Waals surface area contributed by atoms with Crippen LogP contribution in [0.2, 0.25) is 0 Å². The zero-order valence-electron chi connectivity index (χ0n) is 16.9. The number of nitrogens with zero attached hydrogens (tertiary/aromatic N) is 1. The van der Waals surface area contributed by atoms with E-state index in [1.165, 1.54) is 5.56 Å². The number of imide groups is 1. The maximum atomic E-state index is 11.7. The highest BCUT2D eigenvalue weighted by atomic mass is 32.2. The number of pyridine rings is 1. The lowest BCUT2D eigenvalue weighted by Gasteiger charge is -2.05. The van der Waals surface area contributed by atoms with Gasteiger partial charge in [0.1, 0.15) is 5.75 Å². The molecule has 2 aromatic rings. The maximum absolute atomic E-state index is 11.7. The van der Waals surface area contributed by atoms with Crippen molar-refractivity contribution in [3.8, 4) is 23.5 Å². The summed E-state index contributed by atoms with van der Waals surface area (Å²) in [6, 6.07) is 9.35. The highest BCUT2D eigenvalue weighted by Crippen LogP contribution is 2.27. The first-order valence-corrected chi connectivity index (χ1v) is 10.4. The third kappa shape index (κ3) is 5.88. The summed E-state index contributed by atoms with van der Waals surface area (Å²) in [5, 5.41) is 1.88. The molecule has 0 saturated carbocycles. The van der Waals surface area contributed by atoms with Crippen LogP contribution in [-0.2, 0) is 11.2 Å². The largest absolute Gasteiger partial charge is 0.495 e. The second kappa shape index (κ2) is 10.5. The van der Waals surface area contributed by atoms with E-state index < -0.39 is 0 Å². The van der Waals surface area contributed by atoms with Gasteiger partial charge in [0.15, 0.2) is 0 Å². The molecule has 2 amide bonds.